The summed E-state index contributed by atoms with van der Waals surface area (Å²) in [4.78, 5) is 4.60. The fourth-order valence-corrected chi connectivity index (χ4v) is 1.82. The van der Waals surface area contributed by atoms with E-state index in [9.17, 15) is 0 Å². The molecular weight excluding hydrogens is 232 g/mol. The van der Waals surface area contributed by atoms with Gasteiger partial charge in [-0.2, -0.15) is 0 Å². The van der Waals surface area contributed by atoms with Crippen molar-refractivity contribution < 1.29 is 0 Å². The highest BCUT2D eigenvalue weighted by atomic mass is 35.5. The van der Waals surface area contributed by atoms with Gasteiger partial charge in [-0.1, -0.05) is 36.9 Å². The first-order chi connectivity index (χ1) is 7.81. The highest BCUT2D eigenvalue weighted by Gasteiger charge is 2.10. The van der Waals surface area contributed by atoms with Crippen LogP contribution in [-0.4, -0.2) is 23.0 Å². The van der Waals surface area contributed by atoms with Gasteiger partial charge in [0.1, 0.15) is 0 Å². The summed E-state index contributed by atoms with van der Waals surface area (Å²) in [6, 6.07) is 8.55. The third-order valence-electron chi connectivity index (χ3n) is 2.86. The molecule has 1 aliphatic rings. The zero-order valence-corrected chi connectivity index (χ0v) is 11.0. The Morgan fingerprint density at radius 1 is 1.18 bits per heavy atom. The predicted octanol–water partition coefficient (Wildman–Crippen LogP) is 3.32. The molecule has 17 heavy (non-hydrogen) atoms. The normalized spacial score (nSPS) is 13.7. The van der Waals surface area contributed by atoms with Crippen molar-refractivity contribution in [1.29, 1.82) is 0 Å². The Labute approximate surface area is 110 Å². The van der Waals surface area contributed by atoms with Gasteiger partial charge in [0.15, 0.2) is 0 Å². The molecule has 0 fully saturated rings. The summed E-state index contributed by atoms with van der Waals surface area (Å²) in [6.45, 7) is 8.98. The molecule has 1 heterocycles. The van der Waals surface area contributed by atoms with E-state index in [4.69, 9.17) is 0 Å². The number of hydrogen-bond acceptors (Lipinski definition) is 2. The number of halogens is 1. The smallest absolute Gasteiger partial charge is 0.0897 e. The summed E-state index contributed by atoms with van der Waals surface area (Å²) < 4.78 is 0. The van der Waals surface area contributed by atoms with Gasteiger partial charge in [0.2, 0.25) is 0 Å². The third kappa shape index (κ3) is 3.53. The molecule has 1 aliphatic heterocycles. The van der Waals surface area contributed by atoms with Gasteiger partial charge in [0, 0.05) is 25.5 Å². The SMILES string of the molecule is C=Cc1ccc(CN2C=CN(CC)C2)cc1.Cl. The molecule has 0 atom stereocenters. The van der Waals surface area contributed by atoms with Crippen molar-refractivity contribution in [2.45, 2.75) is 13.5 Å². The zero-order valence-electron chi connectivity index (χ0n) is 10.2. The molecule has 92 valence electrons. The first-order valence-electron chi connectivity index (χ1n) is 5.69. The van der Waals surface area contributed by atoms with Gasteiger partial charge in [-0.15, -0.1) is 12.4 Å². The van der Waals surface area contributed by atoms with E-state index < -0.39 is 0 Å². The summed E-state index contributed by atoms with van der Waals surface area (Å²) >= 11 is 0. The molecule has 0 bridgehead atoms. The molecule has 0 N–H and O–H groups in total. The van der Waals surface area contributed by atoms with Gasteiger partial charge < -0.3 is 9.80 Å². The van der Waals surface area contributed by atoms with Crippen molar-refractivity contribution in [2.75, 3.05) is 13.2 Å². The number of nitrogens with zero attached hydrogens (tertiary/aromatic N) is 2. The molecule has 0 spiro atoms. The first kappa shape index (κ1) is 13.7. The summed E-state index contributed by atoms with van der Waals surface area (Å²) in [5, 5.41) is 0. The van der Waals surface area contributed by atoms with Gasteiger partial charge in [0.05, 0.1) is 6.67 Å². The van der Waals surface area contributed by atoms with Gasteiger partial charge in [-0.05, 0) is 18.1 Å². The van der Waals surface area contributed by atoms with Crippen LogP contribution < -0.4 is 0 Å². The van der Waals surface area contributed by atoms with Crippen molar-refractivity contribution in [3.63, 3.8) is 0 Å². The minimum Gasteiger partial charge on any atom is -0.359 e. The minimum atomic E-state index is 0. The van der Waals surface area contributed by atoms with E-state index in [0.29, 0.717) is 0 Å². The van der Waals surface area contributed by atoms with Crippen LogP contribution in [-0.2, 0) is 6.54 Å². The van der Waals surface area contributed by atoms with Crippen molar-refractivity contribution in [2.24, 2.45) is 0 Å². The maximum atomic E-state index is 3.76. The molecule has 1 aromatic carbocycles. The first-order valence-corrected chi connectivity index (χ1v) is 5.69. The molecule has 2 rings (SSSR count). The zero-order chi connectivity index (χ0) is 11.4. The van der Waals surface area contributed by atoms with Gasteiger partial charge in [0.25, 0.3) is 0 Å². The lowest BCUT2D eigenvalue weighted by atomic mass is 10.1. The van der Waals surface area contributed by atoms with Gasteiger partial charge in [-0.25, -0.2) is 0 Å². The van der Waals surface area contributed by atoms with E-state index in [2.05, 4.69) is 60.0 Å². The molecule has 0 radical (unpaired) electrons. The van der Waals surface area contributed by atoms with E-state index in [1.54, 1.807) is 0 Å². The van der Waals surface area contributed by atoms with Gasteiger partial charge in [-0.3, -0.25) is 0 Å². The highest BCUT2D eigenvalue weighted by Crippen LogP contribution is 2.12. The maximum absolute atomic E-state index is 3.76. The van der Waals surface area contributed by atoms with E-state index in [-0.39, 0.29) is 12.4 Å². The quantitative estimate of drug-likeness (QED) is 0.809. The van der Waals surface area contributed by atoms with Crippen LogP contribution in [0.1, 0.15) is 18.1 Å². The molecule has 0 amide bonds. The Balaban J connectivity index is 0.00000144. The van der Waals surface area contributed by atoms with Crippen LogP contribution in [0, 0.1) is 0 Å². The molecule has 0 aliphatic carbocycles. The molecule has 1 aromatic rings. The lowest BCUT2D eigenvalue weighted by Gasteiger charge is -2.20. The highest BCUT2D eigenvalue weighted by molar-refractivity contribution is 5.85. The van der Waals surface area contributed by atoms with Crippen molar-refractivity contribution >= 4 is 18.5 Å². The fraction of sp³-hybridized carbons (Fsp3) is 0.286. The van der Waals surface area contributed by atoms with E-state index in [0.717, 1.165) is 19.8 Å². The summed E-state index contributed by atoms with van der Waals surface area (Å²) in [5.74, 6) is 0. The average Bonchev–Trinajstić information content (AvgIpc) is 2.78. The van der Waals surface area contributed by atoms with Crippen LogP contribution in [0.15, 0.2) is 43.2 Å². The van der Waals surface area contributed by atoms with E-state index in [1.807, 2.05) is 6.08 Å². The van der Waals surface area contributed by atoms with Crippen LogP contribution >= 0.6 is 12.4 Å². The number of benzene rings is 1. The second kappa shape index (κ2) is 6.36. The Bertz CT molecular complexity index is 384. The second-order valence-corrected chi connectivity index (χ2v) is 4.04. The number of hydrogen-bond donors (Lipinski definition) is 0. The topological polar surface area (TPSA) is 6.48 Å². The maximum Gasteiger partial charge on any atom is 0.0897 e. The monoisotopic (exact) mass is 250 g/mol. The molecule has 0 saturated heterocycles. The Morgan fingerprint density at radius 3 is 2.35 bits per heavy atom. The van der Waals surface area contributed by atoms with Crippen molar-refractivity contribution in [1.82, 2.24) is 9.80 Å². The van der Waals surface area contributed by atoms with Gasteiger partial charge >= 0.3 is 0 Å². The Kier molecular flexibility index (Phi) is 5.11. The fourth-order valence-electron chi connectivity index (χ4n) is 1.82. The summed E-state index contributed by atoms with van der Waals surface area (Å²) in [6.07, 6.45) is 6.18. The molecule has 0 saturated carbocycles. The Hall–Kier alpha value is -1.41. The lowest BCUT2D eigenvalue weighted by molar-refractivity contribution is 0.268. The summed E-state index contributed by atoms with van der Waals surface area (Å²) in [7, 11) is 0. The molecule has 2 nitrogen and oxygen atoms in total. The second-order valence-electron chi connectivity index (χ2n) is 4.04. The van der Waals surface area contributed by atoms with Crippen LogP contribution in [0.3, 0.4) is 0 Å². The summed E-state index contributed by atoms with van der Waals surface area (Å²) in [5.41, 5.74) is 2.52. The standard InChI is InChI=1S/C14H18N2.ClH/c1-3-13-5-7-14(8-6-13)11-16-10-9-15(4-2)12-16;/h3,5-10H,1,4,11-12H2,2H3;1H. The molecule has 0 unspecified atom stereocenters. The van der Waals surface area contributed by atoms with Crippen LogP contribution in [0.25, 0.3) is 6.08 Å². The average molecular weight is 251 g/mol. The minimum absolute atomic E-state index is 0. The molecule has 0 aromatic heterocycles. The Morgan fingerprint density at radius 2 is 1.82 bits per heavy atom. The molecule has 3 heteroatoms. The van der Waals surface area contributed by atoms with Crippen molar-refractivity contribution in [3.05, 3.63) is 54.4 Å². The predicted molar refractivity (Wildman–Crippen MR) is 75.7 cm³/mol. The van der Waals surface area contributed by atoms with E-state index >= 15 is 0 Å². The molecular formula is C14H19ClN2. The van der Waals surface area contributed by atoms with Crippen LogP contribution in [0.2, 0.25) is 0 Å². The van der Waals surface area contributed by atoms with Crippen LogP contribution in [0.4, 0.5) is 0 Å². The largest absolute Gasteiger partial charge is 0.359 e. The van der Waals surface area contributed by atoms with Crippen molar-refractivity contribution in [3.8, 4) is 0 Å². The third-order valence-corrected chi connectivity index (χ3v) is 2.86. The lowest BCUT2D eigenvalue weighted by Crippen LogP contribution is -2.24. The van der Waals surface area contributed by atoms with Crippen LogP contribution in [0.5, 0.6) is 0 Å². The van der Waals surface area contributed by atoms with E-state index in [1.165, 1.54) is 11.1 Å². The number of rotatable bonds is 4.